The van der Waals surface area contributed by atoms with Crippen LogP contribution >= 0.6 is 11.6 Å². The molecule has 0 spiro atoms. The lowest BCUT2D eigenvalue weighted by molar-refractivity contribution is 0.597. The third-order valence-electron chi connectivity index (χ3n) is 1.51. The van der Waals surface area contributed by atoms with Crippen molar-refractivity contribution in [2.24, 2.45) is 0 Å². The maximum Gasteiger partial charge on any atom is 0.250 e. The lowest BCUT2D eigenvalue weighted by Crippen LogP contribution is -2.24. The summed E-state index contributed by atoms with van der Waals surface area (Å²) in [6, 6.07) is 1.61. The average molecular weight is 247 g/mol. The molecule has 0 bridgehead atoms. The van der Waals surface area contributed by atoms with Crippen molar-refractivity contribution in [1.82, 2.24) is 9.97 Å². The highest BCUT2D eigenvalue weighted by molar-refractivity contribution is 7.93. The second-order valence-corrected chi connectivity index (χ2v) is 5.03. The fourth-order valence-electron chi connectivity index (χ4n) is 0.669. The lowest BCUT2D eigenvalue weighted by atomic mass is 10.5. The van der Waals surface area contributed by atoms with Crippen LogP contribution in [0.5, 0.6) is 0 Å². The van der Waals surface area contributed by atoms with Crippen LogP contribution < -0.4 is 4.72 Å². The lowest BCUT2D eigenvalue weighted by Gasteiger charge is -2.07. The van der Waals surface area contributed by atoms with Crippen molar-refractivity contribution in [3.05, 3.63) is 17.5 Å². The van der Waals surface area contributed by atoms with Gasteiger partial charge in [-0.1, -0.05) is 11.6 Å². The summed E-state index contributed by atoms with van der Waals surface area (Å²) >= 11 is 5.47. The van der Waals surface area contributed by atoms with Crippen LogP contribution in [0.15, 0.2) is 12.4 Å². The molecule has 1 rings (SSSR count). The minimum absolute atomic E-state index is 0.0292. The van der Waals surface area contributed by atoms with Gasteiger partial charge in [0.15, 0.2) is 11.1 Å². The van der Waals surface area contributed by atoms with E-state index in [9.17, 15) is 8.42 Å². The maximum atomic E-state index is 11.4. The van der Waals surface area contributed by atoms with Crippen LogP contribution in [0, 0.1) is 11.3 Å². The third kappa shape index (κ3) is 3.04. The molecule has 0 aliphatic carbocycles. The molecule has 8 heteroatoms. The zero-order valence-electron chi connectivity index (χ0n) is 7.68. The van der Waals surface area contributed by atoms with E-state index in [0.717, 1.165) is 0 Å². The molecule has 0 fully saturated rings. The van der Waals surface area contributed by atoms with Crippen LogP contribution in [-0.2, 0) is 10.0 Å². The standard InChI is InChI=1S/C7H7ClN4O2S/c1-5(2-9)15(13,14)12-7-4-10-6(8)3-11-7/h3-5H,1H3,(H,11,12). The van der Waals surface area contributed by atoms with Crippen LogP contribution in [0.4, 0.5) is 5.82 Å². The Bertz CT molecular complexity index is 479. The highest BCUT2D eigenvalue weighted by Crippen LogP contribution is 2.09. The van der Waals surface area contributed by atoms with Crippen molar-refractivity contribution in [1.29, 1.82) is 5.26 Å². The molecule has 1 aromatic rings. The van der Waals surface area contributed by atoms with Gasteiger partial charge in [-0.05, 0) is 6.92 Å². The number of nitrogens with one attached hydrogen (secondary N) is 1. The van der Waals surface area contributed by atoms with Crippen molar-refractivity contribution in [3.63, 3.8) is 0 Å². The molecule has 0 aliphatic heterocycles. The molecule has 0 aliphatic rings. The number of nitriles is 1. The largest absolute Gasteiger partial charge is 0.265 e. The first-order chi connectivity index (χ1) is 6.95. The molecule has 1 aromatic heterocycles. The monoisotopic (exact) mass is 246 g/mol. The Hall–Kier alpha value is -1.39. The summed E-state index contributed by atoms with van der Waals surface area (Å²) in [5.41, 5.74) is 0. The smallest absolute Gasteiger partial charge is 0.250 e. The van der Waals surface area contributed by atoms with Gasteiger partial charge < -0.3 is 0 Å². The minimum Gasteiger partial charge on any atom is -0.265 e. The summed E-state index contributed by atoms with van der Waals surface area (Å²) in [5, 5.41) is 7.47. The van der Waals surface area contributed by atoms with E-state index in [1.54, 1.807) is 6.07 Å². The Morgan fingerprint density at radius 2 is 2.20 bits per heavy atom. The first kappa shape index (κ1) is 11.7. The van der Waals surface area contributed by atoms with Gasteiger partial charge in [0.1, 0.15) is 5.15 Å². The first-order valence-corrected chi connectivity index (χ1v) is 5.77. The van der Waals surface area contributed by atoms with E-state index in [4.69, 9.17) is 16.9 Å². The van der Waals surface area contributed by atoms with E-state index in [1.165, 1.54) is 19.3 Å². The fourth-order valence-corrected chi connectivity index (χ4v) is 1.48. The molecule has 0 radical (unpaired) electrons. The molecule has 1 unspecified atom stereocenters. The normalized spacial score (nSPS) is 12.9. The second kappa shape index (κ2) is 4.42. The summed E-state index contributed by atoms with van der Waals surface area (Å²) in [5.74, 6) is 0.0292. The summed E-state index contributed by atoms with van der Waals surface area (Å²) in [6.45, 7) is 1.27. The number of aromatic nitrogens is 2. The molecule has 1 N–H and O–H groups in total. The fraction of sp³-hybridized carbons (Fsp3) is 0.286. The van der Waals surface area contributed by atoms with Crippen molar-refractivity contribution >= 4 is 27.4 Å². The van der Waals surface area contributed by atoms with E-state index in [-0.39, 0.29) is 11.0 Å². The number of nitrogens with zero attached hydrogens (tertiary/aromatic N) is 3. The second-order valence-electron chi connectivity index (χ2n) is 2.64. The van der Waals surface area contributed by atoms with Gasteiger partial charge >= 0.3 is 0 Å². The highest BCUT2D eigenvalue weighted by Gasteiger charge is 2.20. The Balaban J connectivity index is 2.88. The van der Waals surface area contributed by atoms with E-state index < -0.39 is 15.3 Å². The van der Waals surface area contributed by atoms with E-state index in [1.807, 2.05) is 0 Å². The van der Waals surface area contributed by atoms with Crippen LogP contribution in [0.1, 0.15) is 6.92 Å². The average Bonchev–Trinajstić information content (AvgIpc) is 2.20. The highest BCUT2D eigenvalue weighted by atomic mass is 35.5. The van der Waals surface area contributed by atoms with Gasteiger partial charge in [-0.25, -0.2) is 18.4 Å². The Kier molecular flexibility index (Phi) is 3.44. The molecule has 0 saturated carbocycles. The molecular formula is C7H7ClN4O2S. The van der Waals surface area contributed by atoms with Crippen molar-refractivity contribution in [2.75, 3.05) is 4.72 Å². The molecule has 80 valence electrons. The number of rotatable bonds is 3. The van der Waals surface area contributed by atoms with Gasteiger partial charge in [0.2, 0.25) is 10.0 Å². The quantitative estimate of drug-likeness (QED) is 0.850. The van der Waals surface area contributed by atoms with E-state index >= 15 is 0 Å². The van der Waals surface area contributed by atoms with Crippen molar-refractivity contribution in [3.8, 4) is 6.07 Å². The summed E-state index contributed by atoms with van der Waals surface area (Å²) < 4.78 is 24.9. The molecule has 1 atom stereocenters. The number of hydrogen-bond donors (Lipinski definition) is 1. The summed E-state index contributed by atoms with van der Waals surface area (Å²) in [7, 11) is -3.73. The van der Waals surface area contributed by atoms with Gasteiger partial charge in [0.05, 0.1) is 18.5 Å². The number of sulfonamides is 1. The summed E-state index contributed by atoms with van der Waals surface area (Å²) in [6.07, 6.45) is 2.38. The number of halogens is 1. The zero-order valence-corrected chi connectivity index (χ0v) is 9.25. The topological polar surface area (TPSA) is 95.7 Å². The van der Waals surface area contributed by atoms with Crippen LogP contribution in [0.3, 0.4) is 0 Å². The van der Waals surface area contributed by atoms with Crippen molar-refractivity contribution in [2.45, 2.75) is 12.2 Å². The summed E-state index contributed by atoms with van der Waals surface area (Å²) in [4.78, 5) is 7.33. The first-order valence-electron chi connectivity index (χ1n) is 3.84. The van der Waals surface area contributed by atoms with Gasteiger partial charge in [-0.3, -0.25) is 4.72 Å². The predicted molar refractivity (Wildman–Crippen MR) is 54.7 cm³/mol. The van der Waals surface area contributed by atoms with Crippen LogP contribution in [0.2, 0.25) is 5.15 Å². The minimum atomic E-state index is -3.73. The molecule has 15 heavy (non-hydrogen) atoms. The van der Waals surface area contributed by atoms with Gasteiger partial charge in [0, 0.05) is 0 Å². The predicted octanol–water partition coefficient (Wildman–Crippen LogP) is 0.784. The number of anilines is 1. The SMILES string of the molecule is CC(C#N)S(=O)(=O)Nc1cnc(Cl)cn1. The Morgan fingerprint density at radius 3 is 2.67 bits per heavy atom. The molecule has 0 amide bonds. The maximum absolute atomic E-state index is 11.4. The zero-order chi connectivity index (χ0) is 11.5. The van der Waals surface area contributed by atoms with E-state index in [2.05, 4.69) is 14.7 Å². The van der Waals surface area contributed by atoms with Gasteiger partial charge in [0.25, 0.3) is 0 Å². The molecular weight excluding hydrogens is 240 g/mol. The number of hydrogen-bond acceptors (Lipinski definition) is 5. The third-order valence-corrected chi connectivity index (χ3v) is 3.24. The molecule has 1 heterocycles. The van der Waals surface area contributed by atoms with E-state index in [0.29, 0.717) is 0 Å². The molecule has 0 saturated heterocycles. The van der Waals surface area contributed by atoms with Crippen LogP contribution in [-0.4, -0.2) is 23.6 Å². The Labute approximate surface area is 92.0 Å². The van der Waals surface area contributed by atoms with Gasteiger partial charge in [-0.15, -0.1) is 0 Å². The van der Waals surface area contributed by atoms with Crippen LogP contribution in [0.25, 0.3) is 0 Å². The van der Waals surface area contributed by atoms with Crippen molar-refractivity contribution < 1.29 is 8.42 Å². The Morgan fingerprint density at radius 1 is 1.53 bits per heavy atom. The molecule has 6 nitrogen and oxygen atoms in total. The van der Waals surface area contributed by atoms with Gasteiger partial charge in [-0.2, -0.15) is 5.26 Å². The molecule has 0 aromatic carbocycles.